The maximum Gasteiger partial charge on any atom is 0.286 e. The number of amides is 1. The largest absolute Gasteiger partial charge is 0.351 e. The van der Waals surface area contributed by atoms with Crippen LogP contribution in [-0.2, 0) is 4.79 Å². The van der Waals surface area contributed by atoms with E-state index in [4.69, 9.17) is 0 Å². The van der Waals surface area contributed by atoms with Gasteiger partial charge in [0.25, 0.3) is 5.91 Å². The van der Waals surface area contributed by atoms with Crippen LogP contribution in [0, 0.1) is 0 Å². The number of piperidine rings is 1. The highest BCUT2D eigenvalue weighted by atomic mass is 32.2. The lowest BCUT2D eigenvalue weighted by molar-refractivity contribution is -0.113. The van der Waals surface area contributed by atoms with Gasteiger partial charge in [-0.25, -0.2) is 0 Å². The third kappa shape index (κ3) is 5.58. The number of hydrogen-bond acceptors (Lipinski definition) is 4. The molecular formula is C31H28N2O2S. The lowest BCUT2D eigenvalue weighted by Gasteiger charge is -2.27. The van der Waals surface area contributed by atoms with Crippen LogP contribution in [0.3, 0.4) is 0 Å². The number of carbonyl (C=O) groups is 2. The summed E-state index contributed by atoms with van der Waals surface area (Å²) < 4.78 is 0. The molecule has 3 aromatic carbocycles. The van der Waals surface area contributed by atoms with Crippen molar-refractivity contribution in [3.05, 3.63) is 119 Å². The van der Waals surface area contributed by atoms with E-state index in [1.165, 1.54) is 18.2 Å². The molecule has 0 aromatic heterocycles. The summed E-state index contributed by atoms with van der Waals surface area (Å²) in [5.41, 5.74) is 4.25. The van der Waals surface area contributed by atoms with Gasteiger partial charge in [-0.2, -0.15) is 4.99 Å². The lowest BCUT2D eigenvalue weighted by atomic mass is 9.93. The minimum absolute atomic E-state index is 0.0405. The highest BCUT2D eigenvalue weighted by molar-refractivity contribution is 8.18. The number of thioether (sulfide) groups is 1. The number of rotatable bonds is 6. The number of Topliss-reactive ketones (excluding diaryl/α,β-unsaturated/α-hetero) is 1. The predicted molar refractivity (Wildman–Crippen MR) is 149 cm³/mol. The summed E-state index contributed by atoms with van der Waals surface area (Å²) in [5, 5.41) is 0.790. The first-order valence-electron chi connectivity index (χ1n) is 12.4. The van der Waals surface area contributed by atoms with Crippen LogP contribution in [0.2, 0.25) is 0 Å². The van der Waals surface area contributed by atoms with Crippen molar-refractivity contribution < 1.29 is 9.59 Å². The molecule has 2 aliphatic heterocycles. The van der Waals surface area contributed by atoms with Crippen molar-refractivity contribution in [3.8, 4) is 0 Å². The third-order valence-corrected chi connectivity index (χ3v) is 7.58. The van der Waals surface area contributed by atoms with Crippen LogP contribution in [0.1, 0.15) is 47.2 Å². The van der Waals surface area contributed by atoms with E-state index in [0.717, 1.165) is 53.4 Å². The Bertz CT molecular complexity index is 1320. The first-order chi connectivity index (χ1) is 17.7. The number of aliphatic imine (C=N–C) groups is 1. The molecule has 1 saturated heterocycles. The van der Waals surface area contributed by atoms with Gasteiger partial charge in [-0.1, -0.05) is 91.0 Å². The Morgan fingerprint density at radius 2 is 1.33 bits per heavy atom. The topological polar surface area (TPSA) is 49.7 Å². The molecule has 0 saturated carbocycles. The molecule has 0 atom stereocenters. The monoisotopic (exact) mass is 492 g/mol. The van der Waals surface area contributed by atoms with E-state index in [9.17, 15) is 9.59 Å². The molecule has 5 rings (SSSR count). The molecule has 0 spiro atoms. The van der Waals surface area contributed by atoms with Crippen molar-refractivity contribution in [2.75, 3.05) is 13.1 Å². The molecule has 0 aliphatic carbocycles. The lowest BCUT2D eigenvalue weighted by Crippen LogP contribution is -2.33. The minimum Gasteiger partial charge on any atom is -0.351 e. The van der Waals surface area contributed by atoms with Gasteiger partial charge in [-0.3, -0.25) is 9.59 Å². The number of amidine groups is 1. The maximum atomic E-state index is 13.2. The summed E-state index contributed by atoms with van der Waals surface area (Å²) in [4.78, 5) is 33.7. The number of benzene rings is 3. The molecule has 2 heterocycles. The molecule has 180 valence electrons. The van der Waals surface area contributed by atoms with Gasteiger partial charge in [0, 0.05) is 30.6 Å². The molecular weight excluding hydrogens is 464 g/mol. The molecule has 2 aliphatic rings. The summed E-state index contributed by atoms with van der Waals surface area (Å²) in [5.74, 6) is -0.170. The minimum atomic E-state index is -0.211. The number of ketones is 1. The van der Waals surface area contributed by atoms with Gasteiger partial charge in [0.1, 0.15) is 0 Å². The van der Waals surface area contributed by atoms with Crippen LogP contribution in [-0.4, -0.2) is 34.8 Å². The molecule has 0 bridgehead atoms. The smallest absolute Gasteiger partial charge is 0.286 e. The molecule has 4 nitrogen and oxygen atoms in total. The highest BCUT2D eigenvalue weighted by Crippen LogP contribution is 2.38. The first kappa shape index (κ1) is 24.0. The van der Waals surface area contributed by atoms with Gasteiger partial charge in [0.2, 0.25) is 0 Å². The second-order valence-corrected chi connectivity index (χ2v) is 9.94. The van der Waals surface area contributed by atoms with Crippen LogP contribution in [0.5, 0.6) is 0 Å². The van der Waals surface area contributed by atoms with Gasteiger partial charge >= 0.3 is 0 Å². The van der Waals surface area contributed by atoms with Crippen molar-refractivity contribution in [1.82, 2.24) is 4.90 Å². The summed E-state index contributed by atoms with van der Waals surface area (Å²) in [6.07, 6.45) is 5.71. The van der Waals surface area contributed by atoms with Gasteiger partial charge in [0.05, 0.1) is 4.91 Å². The molecule has 0 N–H and O–H groups in total. The van der Waals surface area contributed by atoms with Crippen LogP contribution >= 0.6 is 11.8 Å². The first-order valence-corrected chi connectivity index (χ1v) is 13.2. The molecule has 36 heavy (non-hydrogen) atoms. The van der Waals surface area contributed by atoms with Crippen molar-refractivity contribution in [2.45, 2.75) is 25.7 Å². The van der Waals surface area contributed by atoms with Crippen molar-refractivity contribution >= 4 is 39.8 Å². The van der Waals surface area contributed by atoms with Crippen LogP contribution in [0.15, 0.2) is 107 Å². The Kier molecular flexibility index (Phi) is 7.58. The Hall–Kier alpha value is -3.70. The Labute approximate surface area is 216 Å². The van der Waals surface area contributed by atoms with Crippen molar-refractivity contribution in [3.63, 3.8) is 0 Å². The van der Waals surface area contributed by atoms with E-state index in [1.807, 2.05) is 97.1 Å². The zero-order valence-electron chi connectivity index (χ0n) is 20.1. The van der Waals surface area contributed by atoms with Crippen molar-refractivity contribution in [1.29, 1.82) is 0 Å². The van der Waals surface area contributed by atoms with E-state index >= 15 is 0 Å². The molecule has 5 heteroatoms. The molecule has 3 aromatic rings. The number of allylic oxidation sites excluding steroid dienone is 3. The predicted octanol–water partition coefficient (Wildman–Crippen LogP) is 6.87. The Morgan fingerprint density at radius 1 is 0.778 bits per heavy atom. The fourth-order valence-electron chi connectivity index (χ4n) is 4.55. The van der Waals surface area contributed by atoms with E-state index in [-0.39, 0.29) is 18.1 Å². The van der Waals surface area contributed by atoms with E-state index in [2.05, 4.69) is 9.89 Å². The average molecular weight is 493 g/mol. The van der Waals surface area contributed by atoms with E-state index in [1.54, 1.807) is 0 Å². The summed E-state index contributed by atoms with van der Waals surface area (Å²) in [6.45, 7) is 1.87. The van der Waals surface area contributed by atoms with Gasteiger partial charge in [-0.05, 0) is 53.8 Å². The zero-order valence-corrected chi connectivity index (χ0v) is 20.9. The van der Waals surface area contributed by atoms with Gasteiger partial charge in [0.15, 0.2) is 11.0 Å². The van der Waals surface area contributed by atoms with Crippen LogP contribution in [0.4, 0.5) is 0 Å². The number of likely N-dealkylation sites (tertiary alicyclic amines) is 1. The van der Waals surface area contributed by atoms with E-state index in [0.29, 0.717) is 10.5 Å². The zero-order chi connectivity index (χ0) is 24.7. The normalized spacial score (nSPS) is 17.7. The number of hydrogen-bond donors (Lipinski definition) is 0. The SMILES string of the molecule is O=C1N=C(N2CCCCC2)S/C1=C(/C=C(\CC(=O)c1ccccc1)c1ccccc1)c1ccccc1. The standard InChI is InChI=1S/C31H28N2O2S/c34-28(25-17-9-3-10-18-25)22-26(23-13-5-1-6-14-23)21-27(24-15-7-2-8-16-24)29-30(35)32-31(36-29)33-19-11-4-12-20-33/h1-3,5-10,13-18,21H,4,11-12,19-20,22H2/b26-21+,29-27-. The Balaban J connectivity index is 1.57. The van der Waals surface area contributed by atoms with Crippen LogP contribution < -0.4 is 0 Å². The maximum absolute atomic E-state index is 13.2. The molecule has 1 fully saturated rings. The number of carbonyl (C=O) groups excluding carboxylic acids is 2. The van der Waals surface area contributed by atoms with Crippen LogP contribution in [0.25, 0.3) is 11.1 Å². The molecule has 0 unspecified atom stereocenters. The summed E-state index contributed by atoms with van der Waals surface area (Å²) >= 11 is 1.46. The van der Waals surface area contributed by atoms with Gasteiger partial charge in [-0.15, -0.1) is 0 Å². The Morgan fingerprint density at radius 3 is 1.94 bits per heavy atom. The fourth-order valence-corrected chi connectivity index (χ4v) is 5.59. The fraction of sp³-hybridized carbons (Fsp3) is 0.194. The second kappa shape index (κ2) is 11.4. The average Bonchev–Trinajstić information content (AvgIpc) is 3.34. The highest BCUT2D eigenvalue weighted by Gasteiger charge is 2.30. The van der Waals surface area contributed by atoms with E-state index < -0.39 is 0 Å². The summed E-state index contributed by atoms with van der Waals surface area (Å²) in [6, 6.07) is 29.2. The quantitative estimate of drug-likeness (QED) is 0.278. The second-order valence-electron chi connectivity index (χ2n) is 8.96. The third-order valence-electron chi connectivity index (χ3n) is 6.45. The van der Waals surface area contributed by atoms with Crippen molar-refractivity contribution in [2.24, 2.45) is 4.99 Å². The van der Waals surface area contributed by atoms with Gasteiger partial charge < -0.3 is 4.90 Å². The summed E-state index contributed by atoms with van der Waals surface area (Å²) in [7, 11) is 0. The number of nitrogens with zero attached hydrogens (tertiary/aromatic N) is 2. The molecule has 1 amide bonds. The molecule has 0 radical (unpaired) electrons.